The smallest absolute Gasteiger partial charge is 0.133 e. The number of benzene rings is 1. The normalized spacial score (nSPS) is 12.5. The molecular weight excluding hydrogens is 277 g/mol. The Bertz CT molecular complexity index is 319. The summed E-state index contributed by atoms with van der Waals surface area (Å²) in [5, 5.41) is 3.82. The van der Waals surface area contributed by atoms with Gasteiger partial charge >= 0.3 is 0 Å². The first-order valence-electron chi connectivity index (χ1n) is 4.86. The third-order valence-corrected chi connectivity index (χ3v) is 2.82. The number of ether oxygens (including phenoxy) is 1. The third-order valence-electron chi connectivity index (χ3n) is 1.97. The molecule has 4 heteroatoms. The lowest BCUT2D eigenvalue weighted by Crippen LogP contribution is -2.21. The number of nitrogens with one attached hydrogen (secondary N) is 1. The molecule has 1 atom stereocenters. The maximum absolute atomic E-state index is 5.83. The zero-order valence-electron chi connectivity index (χ0n) is 8.89. The van der Waals surface area contributed by atoms with Crippen LogP contribution in [0.15, 0.2) is 22.7 Å². The van der Waals surface area contributed by atoms with Crippen molar-refractivity contribution in [1.29, 1.82) is 0 Å². The second-order valence-corrected chi connectivity index (χ2v) is 4.84. The van der Waals surface area contributed by atoms with Gasteiger partial charge in [-0.3, -0.25) is 0 Å². The van der Waals surface area contributed by atoms with Gasteiger partial charge in [-0.15, -0.1) is 0 Å². The molecule has 0 saturated heterocycles. The van der Waals surface area contributed by atoms with Crippen LogP contribution in [0.1, 0.15) is 6.92 Å². The fourth-order valence-corrected chi connectivity index (χ4v) is 2.03. The molecule has 0 bridgehead atoms. The molecular formula is C11H15BrClNO. The standard InChI is InChI=1S/C11H15BrClNO/c1-8(6-14-2)7-15-11-4-3-9(13)5-10(11)12/h3-5,8,14H,6-7H2,1-2H3. The quantitative estimate of drug-likeness (QED) is 0.899. The Labute approximate surface area is 104 Å². The minimum Gasteiger partial charge on any atom is -0.492 e. The molecule has 1 aromatic carbocycles. The van der Waals surface area contributed by atoms with Gasteiger partial charge in [0.25, 0.3) is 0 Å². The molecule has 0 aliphatic rings. The van der Waals surface area contributed by atoms with Crippen LogP contribution in [-0.4, -0.2) is 20.2 Å². The molecule has 0 aromatic heterocycles. The highest BCUT2D eigenvalue weighted by molar-refractivity contribution is 9.10. The lowest BCUT2D eigenvalue weighted by atomic mass is 10.2. The van der Waals surface area contributed by atoms with E-state index in [1.807, 2.05) is 25.2 Å². The highest BCUT2D eigenvalue weighted by Gasteiger charge is 2.05. The van der Waals surface area contributed by atoms with Gasteiger partial charge in [-0.1, -0.05) is 18.5 Å². The van der Waals surface area contributed by atoms with Crippen LogP contribution < -0.4 is 10.1 Å². The molecule has 0 aliphatic carbocycles. The Morgan fingerprint density at radius 2 is 2.27 bits per heavy atom. The number of rotatable bonds is 5. The van der Waals surface area contributed by atoms with Crippen molar-refractivity contribution in [3.63, 3.8) is 0 Å². The highest BCUT2D eigenvalue weighted by Crippen LogP contribution is 2.28. The van der Waals surface area contributed by atoms with Crippen molar-refractivity contribution in [2.24, 2.45) is 5.92 Å². The fraction of sp³-hybridized carbons (Fsp3) is 0.455. The van der Waals surface area contributed by atoms with Gasteiger partial charge in [0, 0.05) is 17.5 Å². The Hall–Kier alpha value is -0.250. The van der Waals surface area contributed by atoms with Gasteiger partial charge in [0.1, 0.15) is 5.75 Å². The van der Waals surface area contributed by atoms with Crippen LogP contribution in [0.3, 0.4) is 0 Å². The van der Waals surface area contributed by atoms with Crippen LogP contribution in [0.5, 0.6) is 5.75 Å². The largest absolute Gasteiger partial charge is 0.492 e. The van der Waals surface area contributed by atoms with Gasteiger partial charge in [0.15, 0.2) is 0 Å². The molecule has 0 aliphatic heterocycles. The van der Waals surface area contributed by atoms with Crippen LogP contribution in [0.2, 0.25) is 5.02 Å². The van der Waals surface area contributed by atoms with Gasteiger partial charge in [-0.2, -0.15) is 0 Å². The van der Waals surface area contributed by atoms with Crippen molar-refractivity contribution in [2.75, 3.05) is 20.2 Å². The molecule has 15 heavy (non-hydrogen) atoms. The predicted molar refractivity (Wildman–Crippen MR) is 67.7 cm³/mol. The Kier molecular flexibility index (Phi) is 5.43. The summed E-state index contributed by atoms with van der Waals surface area (Å²) in [7, 11) is 1.94. The van der Waals surface area contributed by atoms with E-state index >= 15 is 0 Å². The van der Waals surface area contributed by atoms with Gasteiger partial charge < -0.3 is 10.1 Å². The first-order valence-corrected chi connectivity index (χ1v) is 6.03. The maximum atomic E-state index is 5.83. The van der Waals surface area contributed by atoms with E-state index in [-0.39, 0.29) is 0 Å². The second kappa shape index (κ2) is 6.36. The van der Waals surface area contributed by atoms with Crippen molar-refractivity contribution < 1.29 is 4.74 Å². The first-order chi connectivity index (χ1) is 7.13. The average Bonchev–Trinajstić information content (AvgIpc) is 2.17. The van der Waals surface area contributed by atoms with E-state index in [4.69, 9.17) is 16.3 Å². The van der Waals surface area contributed by atoms with Gasteiger partial charge in [-0.25, -0.2) is 0 Å². The summed E-state index contributed by atoms with van der Waals surface area (Å²) in [6.45, 7) is 3.78. The number of hydrogen-bond acceptors (Lipinski definition) is 2. The Morgan fingerprint density at radius 3 is 2.87 bits per heavy atom. The highest BCUT2D eigenvalue weighted by atomic mass is 79.9. The molecule has 1 rings (SSSR count). The third kappa shape index (κ3) is 4.41. The SMILES string of the molecule is CNCC(C)COc1ccc(Cl)cc1Br. The molecule has 0 amide bonds. The van der Waals surface area contributed by atoms with Crippen LogP contribution in [0, 0.1) is 5.92 Å². The topological polar surface area (TPSA) is 21.3 Å². The van der Waals surface area contributed by atoms with E-state index < -0.39 is 0 Å². The summed E-state index contributed by atoms with van der Waals surface area (Å²) in [5.74, 6) is 1.32. The van der Waals surface area contributed by atoms with Crippen molar-refractivity contribution in [2.45, 2.75) is 6.92 Å². The monoisotopic (exact) mass is 291 g/mol. The van der Waals surface area contributed by atoms with E-state index in [1.165, 1.54) is 0 Å². The maximum Gasteiger partial charge on any atom is 0.133 e. The lowest BCUT2D eigenvalue weighted by molar-refractivity contribution is 0.256. The molecule has 0 saturated carbocycles. The minimum absolute atomic E-state index is 0.484. The number of hydrogen-bond donors (Lipinski definition) is 1. The van der Waals surface area contributed by atoms with Crippen molar-refractivity contribution in [3.8, 4) is 5.75 Å². The van der Waals surface area contributed by atoms with Crippen molar-refractivity contribution >= 4 is 27.5 Å². The van der Waals surface area contributed by atoms with Gasteiger partial charge in [0.2, 0.25) is 0 Å². The zero-order valence-corrected chi connectivity index (χ0v) is 11.2. The summed E-state index contributed by atoms with van der Waals surface area (Å²) in [6, 6.07) is 5.53. The Morgan fingerprint density at radius 1 is 1.53 bits per heavy atom. The molecule has 1 N–H and O–H groups in total. The molecule has 84 valence electrons. The summed E-state index contributed by atoms with van der Waals surface area (Å²) in [6.07, 6.45) is 0. The molecule has 1 unspecified atom stereocenters. The molecule has 1 aromatic rings. The van der Waals surface area contributed by atoms with Crippen LogP contribution in [-0.2, 0) is 0 Å². The lowest BCUT2D eigenvalue weighted by Gasteiger charge is -2.13. The molecule has 0 radical (unpaired) electrons. The molecule has 0 heterocycles. The number of halogens is 2. The van der Waals surface area contributed by atoms with E-state index in [0.29, 0.717) is 17.5 Å². The van der Waals surface area contributed by atoms with E-state index in [1.54, 1.807) is 0 Å². The fourth-order valence-electron chi connectivity index (χ4n) is 1.23. The van der Waals surface area contributed by atoms with E-state index in [0.717, 1.165) is 16.8 Å². The van der Waals surface area contributed by atoms with Crippen molar-refractivity contribution in [1.82, 2.24) is 5.32 Å². The van der Waals surface area contributed by atoms with Crippen molar-refractivity contribution in [3.05, 3.63) is 27.7 Å². The van der Waals surface area contributed by atoms with Crippen LogP contribution >= 0.6 is 27.5 Å². The van der Waals surface area contributed by atoms with E-state index in [2.05, 4.69) is 28.2 Å². The second-order valence-electron chi connectivity index (χ2n) is 3.55. The molecule has 0 spiro atoms. The first kappa shape index (κ1) is 12.8. The minimum atomic E-state index is 0.484. The predicted octanol–water partition coefficient (Wildman–Crippen LogP) is 3.34. The average molecular weight is 293 g/mol. The molecule has 0 fully saturated rings. The van der Waals surface area contributed by atoms with Gasteiger partial charge in [0.05, 0.1) is 11.1 Å². The summed E-state index contributed by atoms with van der Waals surface area (Å²) >= 11 is 9.24. The molecule has 2 nitrogen and oxygen atoms in total. The van der Waals surface area contributed by atoms with Crippen LogP contribution in [0.25, 0.3) is 0 Å². The van der Waals surface area contributed by atoms with Crippen LogP contribution in [0.4, 0.5) is 0 Å². The Balaban J connectivity index is 2.50. The van der Waals surface area contributed by atoms with E-state index in [9.17, 15) is 0 Å². The summed E-state index contributed by atoms with van der Waals surface area (Å²) in [4.78, 5) is 0. The summed E-state index contributed by atoms with van der Waals surface area (Å²) in [5.41, 5.74) is 0. The zero-order chi connectivity index (χ0) is 11.3. The van der Waals surface area contributed by atoms with Gasteiger partial charge in [-0.05, 0) is 41.2 Å². The summed E-state index contributed by atoms with van der Waals surface area (Å²) < 4.78 is 6.56.